The Balaban J connectivity index is 1.27. The third-order valence-electron chi connectivity index (χ3n) is 8.38. The summed E-state index contributed by atoms with van der Waals surface area (Å²) in [5.74, 6) is -1.89. The maximum atomic E-state index is 13.5. The van der Waals surface area contributed by atoms with E-state index in [0.717, 1.165) is 16.6 Å². The number of ether oxygens (including phenoxy) is 1. The molecule has 0 radical (unpaired) electrons. The zero-order valence-corrected chi connectivity index (χ0v) is 28.6. The number of alkyl halides is 3. The van der Waals surface area contributed by atoms with Gasteiger partial charge < -0.3 is 30.2 Å². The molecule has 0 bridgehead atoms. The molecule has 11 nitrogen and oxygen atoms in total. The summed E-state index contributed by atoms with van der Waals surface area (Å²) in [6, 6.07) is 23.4. The summed E-state index contributed by atoms with van der Waals surface area (Å²) in [6.45, 7) is 0.0617. The molecule has 0 unspecified atom stereocenters. The van der Waals surface area contributed by atoms with Gasteiger partial charge in [-0.15, -0.1) is 0 Å². The third kappa shape index (κ3) is 7.50. The molecule has 266 valence electrons. The number of rotatable bonds is 9. The highest BCUT2D eigenvalue weighted by molar-refractivity contribution is 6.09. The van der Waals surface area contributed by atoms with E-state index in [0.29, 0.717) is 45.0 Å². The van der Waals surface area contributed by atoms with Gasteiger partial charge in [0.2, 0.25) is 17.2 Å². The van der Waals surface area contributed by atoms with Gasteiger partial charge in [-0.3, -0.25) is 4.79 Å². The first-order chi connectivity index (χ1) is 24.7. The molecular weight excluding hydrogens is 677 g/mol. The Hall–Kier alpha value is -6.44. The van der Waals surface area contributed by atoms with Crippen LogP contribution in [-0.4, -0.2) is 55.1 Å². The van der Waals surface area contributed by atoms with Gasteiger partial charge in [-0.1, -0.05) is 24.3 Å². The smallest absolute Gasteiger partial charge is 0.433 e. The van der Waals surface area contributed by atoms with Crippen LogP contribution in [0.3, 0.4) is 0 Å². The maximum absolute atomic E-state index is 13.5. The van der Waals surface area contributed by atoms with Gasteiger partial charge in [0.15, 0.2) is 5.69 Å². The predicted molar refractivity (Wildman–Crippen MR) is 190 cm³/mol. The van der Waals surface area contributed by atoms with Gasteiger partial charge in [-0.05, 0) is 53.1 Å². The molecular formula is C38H34F3N6O5+. The number of nitrogen functional groups attached to an aromatic ring is 1. The fraction of sp³-hybridized carbons (Fsp3) is 0.184. The molecule has 2 heterocycles. The van der Waals surface area contributed by atoms with Crippen LogP contribution in [0.25, 0.3) is 33.4 Å². The minimum Gasteiger partial charge on any atom is -0.478 e. The molecule has 1 amide bonds. The number of nitrogens with two attached hydrogens (primary N) is 1. The van der Waals surface area contributed by atoms with Crippen molar-refractivity contribution in [3.8, 4) is 28.3 Å². The molecule has 0 saturated carbocycles. The minimum absolute atomic E-state index is 0.0239. The quantitative estimate of drug-likeness (QED) is 0.123. The molecule has 2 aliphatic rings. The zero-order chi connectivity index (χ0) is 37.3. The van der Waals surface area contributed by atoms with Crippen molar-refractivity contribution in [3.63, 3.8) is 0 Å². The largest absolute Gasteiger partial charge is 0.478 e. The number of hydrogen-bond acceptors (Lipinski definition) is 8. The van der Waals surface area contributed by atoms with E-state index < -0.39 is 29.7 Å². The monoisotopic (exact) mass is 711 g/mol. The Labute approximate surface area is 295 Å². The van der Waals surface area contributed by atoms with Gasteiger partial charge in [-0.2, -0.15) is 18.2 Å². The summed E-state index contributed by atoms with van der Waals surface area (Å²) in [5.41, 5.74) is 8.97. The van der Waals surface area contributed by atoms with Crippen LogP contribution in [0.15, 0.2) is 89.3 Å². The first kappa shape index (κ1) is 35.4. The van der Waals surface area contributed by atoms with E-state index in [1.807, 2.05) is 74.1 Å². The lowest BCUT2D eigenvalue weighted by Crippen LogP contribution is -2.23. The summed E-state index contributed by atoms with van der Waals surface area (Å²) in [6.07, 6.45) is -4.70. The molecule has 6 rings (SSSR count). The Bertz CT molecular complexity index is 2370. The first-order valence-corrected chi connectivity index (χ1v) is 15.9. The lowest BCUT2D eigenvalue weighted by atomic mass is 9.89. The highest BCUT2D eigenvalue weighted by Gasteiger charge is 2.34. The average Bonchev–Trinajstić information content (AvgIpc) is 3.10. The third-order valence-corrected chi connectivity index (χ3v) is 8.38. The molecule has 0 fully saturated rings. The van der Waals surface area contributed by atoms with Crippen LogP contribution in [0.4, 0.5) is 24.8 Å². The number of carbonyl (C=O) groups excluding carboxylic acids is 1. The number of nitrogens with zero attached hydrogens (tertiary/aromatic N) is 4. The summed E-state index contributed by atoms with van der Waals surface area (Å²) in [4.78, 5) is 34.9. The van der Waals surface area contributed by atoms with Crippen molar-refractivity contribution in [2.24, 2.45) is 0 Å². The fourth-order valence-electron chi connectivity index (χ4n) is 5.65. The normalized spacial score (nSPS) is 11.4. The number of carboxylic acids is 1. The second kappa shape index (κ2) is 14.1. The number of fused-ring (bicyclic) bond motifs is 2. The van der Waals surface area contributed by atoms with E-state index in [9.17, 15) is 27.9 Å². The number of amides is 1. The highest BCUT2D eigenvalue weighted by Crippen LogP contribution is 2.42. The maximum Gasteiger partial charge on any atom is 0.433 e. The number of carbonyl (C=O) groups is 2. The fourth-order valence-corrected chi connectivity index (χ4v) is 5.65. The summed E-state index contributed by atoms with van der Waals surface area (Å²) < 4.78 is 52.9. The minimum atomic E-state index is -4.70. The average molecular weight is 712 g/mol. The number of carboxylic acid groups (broad SMARTS) is 1. The predicted octanol–water partition coefficient (Wildman–Crippen LogP) is 5.90. The van der Waals surface area contributed by atoms with E-state index in [2.05, 4.69) is 15.3 Å². The molecule has 14 heteroatoms. The molecule has 1 aliphatic carbocycles. The zero-order valence-electron chi connectivity index (χ0n) is 28.6. The van der Waals surface area contributed by atoms with Gasteiger partial charge in [0.1, 0.15) is 32.0 Å². The van der Waals surface area contributed by atoms with Crippen molar-refractivity contribution in [2.75, 3.05) is 38.8 Å². The lowest BCUT2D eigenvalue weighted by molar-refractivity contribution is -0.141. The second-order valence-corrected chi connectivity index (χ2v) is 12.4. The van der Waals surface area contributed by atoms with Crippen molar-refractivity contribution in [1.82, 2.24) is 19.9 Å². The van der Waals surface area contributed by atoms with Gasteiger partial charge in [0.05, 0.1) is 11.6 Å². The van der Waals surface area contributed by atoms with Crippen LogP contribution in [0.5, 0.6) is 5.88 Å². The summed E-state index contributed by atoms with van der Waals surface area (Å²) >= 11 is 0. The van der Waals surface area contributed by atoms with E-state index in [1.165, 1.54) is 12.1 Å². The number of halogens is 3. The van der Waals surface area contributed by atoms with Gasteiger partial charge in [0, 0.05) is 66.6 Å². The molecule has 0 atom stereocenters. The lowest BCUT2D eigenvalue weighted by Gasteiger charge is -2.19. The number of aromatic carboxylic acids is 1. The summed E-state index contributed by atoms with van der Waals surface area (Å²) in [7, 11) is 7.66. The SMILES string of the molecule is CN(C)c1ccc2c(-c3cc(C(=O)NCc4ccc(COc5cc(C(F)(F)F)nc(N)n5)cc4)ccc3C(=O)O)c3ccc(=[N+](C)C)cc-3oc2c1. The van der Waals surface area contributed by atoms with Crippen molar-refractivity contribution < 1.29 is 37.0 Å². The Morgan fingerprint density at radius 2 is 1.65 bits per heavy atom. The van der Waals surface area contributed by atoms with Crippen molar-refractivity contribution in [3.05, 3.63) is 118 Å². The van der Waals surface area contributed by atoms with Crippen LogP contribution in [0.2, 0.25) is 0 Å². The van der Waals surface area contributed by atoms with Crippen LogP contribution >= 0.6 is 0 Å². The molecule has 4 N–H and O–H groups in total. The van der Waals surface area contributed by atoms with Crippen LogP contribution in [0.1, 0.15) is 37.5 Å². The highest BCUT2D eigenvalue weighted by atomic mass is 19.4. The molecule has 1 aliphatic heterocycles. The molecule has 3 aromatic carbocycles. The molecule has 52 heavy (non-hydrogen) atoms. The number of hydrogen-bond donors (Lipinski definition) is 3. The van der Waals surface area contributed by atoms with E-state index in [1.54, 1.807) is 30.3 Å². The number of nitrogens with one attached hydrogen (secondary N) is 1. The van der Waals surface area contributed by atoms with Gasteiger partial charge in [-0.25, -0.2) is 14.4 Å². The molecule has 4 aromatic rings. The van der Waals surface area contributed by atoms with E-state index in [4.69, 9.17) is 14.9 Å². The van der Waals surface area contributed by atoms with E-state index >= 15 is 0 Å². The molecule has 0 spiro atoms. The van der Waals surface area contributed by atoms with Crippen molar-refractivity contribution in [1.29, 1.82) is 0 Å². The Morgan fingerprint density at radius 1 is 0.923 bits per heavy atom. The second-order valence-electron chi connectivity index (χ2n) is 12.4. The van der Waals surface area contributed by atoms with Crippen molar-refractivity contribution >= 4 is 34.5 Å². The Morgan fingerprint density at radius 3 is 2.33 bits per heavy atom. The van der Waals surface area contributed by atoms with Crippen LogP contribution < -0.4 is 30.6 Å². The topological polar surface area (TPSA) is 147 Å². The number of benzene rings is 4. The number of anilines is 2. The standard InChI is InChI=1S/C38H33F3N6O5/c1-46(2)24-10-13-27-30(16-24)52-31-17-25(47(3)4)11-14-28(31)34(27)29-15-23(9-12-26(29)36(49)50)35(48)43-19-21-5-7-22(8-6-21)20-51-33-18-32(38(39,40)41)44-37(42)45-33/h5-18H,19-20H2,1-4H3,(H3-,42,43,44,45,48,49,50)/p+1. The summed E-state index contributed by atoms with van der Waals surface area (Å²) in [5, 5.41) is 14.7. The molecule has 0 saturated heterocycles. The van der Waals surface area contributed by atoms with Crippen LogP contribution in [0, 0.1) is 0 Å². The van der Waals surface area contributed by atoms with E-state index in [-0.39, 0.29) is 30.2 Å². The Kier molecular flexibility index (Phi) is 9.57. The molecule has 1 aromatic heterocycles. The van der Waals surface area contributed by atoms with Gasteiger partial charge >= 0.3 is 12.1 Å². The number of aromatic nitrogens is 2. The van der Waals surface area contributed by atoms with Gasteiger partial charge in [0.25, 0.3) is 5.91 Å². The van der Waals surface area contributed by atoms with Crippen LogP contribution in [-0.2, 0) is 19.3 Å². The first-order valence-electron chi connectivity index (χ1n) is 15.9. The van der Waals surface area contributed by atoms with Crippen molar-refractivity contribution in [2.45, 2.75) is 19.3 Å².